The molecule has 3 rings (SSSR count). The Morgan fingerprint density at radius 3 is 2.37 bits per heavy atom. The fourth-order valence-electron chi connectivity index (χ4n) is 3.44. The molecule has 2 aromatic rings. The van der Waals surface area contributed by atoms with E-state index in [0.29, 0.717) is 15.7 Å². The van der Waals surface area contributed by atoms with Crippen LogP contribution in [0.5, 0.6) is 0 Å². The number of sulfonamides is 1. The van der Waals surface area contributed by atoms with Gasteiger partial charge >= 0.3 is 0 Å². The van der Waals surface area contributed by atoms with Crippen LogP contribution in [0, 0.1) is 0 Å². The van der Waals surface area contributed by atoms with Crippen LogP contribution in [-0.4, -0.2) is 35.7 Å². The summed E-state index contributed by atoms with van der Waals surface area (Å²) in [6.45, 7) is 3.90. The maximum absolute atomic E-state index is 13.0. The third-order valence-corrected chi connectivity index (χ3v) is 7.34. The highest BCUT2D eigenvalue weighted by Crippen LogP contribution is 2.30. The first-order chi connectivity index (χ1) is 12.8. The van der Waals surface area contributed by atoms with Crippen molar-refractivity contribution in [2.45, 2.75) is 50.1 Å². The Kier molecular flexibility index (Phi) is 5.98. The van der Waals surface area contributed by atoms with Crippen molar-refractivity contribution in [2.24, 2.45) is 0 Å². The van der Waals surface area contributed by atoms with Crippen LogP contribution in [0.15, 0.2) is 52.1 Å². The normalized spacial score (nSPS) is 21.0. The van der Waals surface area contributed by atoms with Crippen molar-refractivity contribution in [3.8, 4) is 0 Å². The number of nitrogens with one attached hydrogen (secondary N) is 1. The van der Waals surface area contributed by atoms with Gasteiger partial charge in [0.2, 0.25) is 10.0 Å². The first-order valence-corrected chi connectivity index (χ1v) is 11.1. The molecule has 144 valence electrons. The van der Waals surface area contributed by atoms with Gasteiger partial charge in [0.05, 0.1) is 10.5 Å². The van der Waals surface area contributed by atoms with E-state index in [1.807, 2.05) is 13.8 Å². The minimum Gasteiger partial charge on any atom is -0.322 e. The molecule has 8 heteroatoms. The summed E-state index contributed by atoms with van der Waals surface area (Å²) < 4.78 is 28.4. The Balaban J connectivity index is 1.77. The molecule has 1 fully saturated rings. The number of amides is 1. The van der Waals surface area contributed by atoms with E-state index in [1.54, 1.807) is 28.7 Å². The van der Waals surface area contributed by atoms with Crippen molar-refractivity contribution < 1.29 is 13.2 Å². The maximum Gasteiger partial charge on any atom is 0.257 e. The molecule has 1 saturated heterocycles. The molecule has 0 bridgehead atoms. The molecular formula is C19H22BrN3O3S. The third kappa shape index (κ3) is 4.39. The first-order valence-electron chi connectivity index (χ1n) is 8.84. The van der Waals surface area contributed by atoms with Gasteiger partial charge in [-0.3, -0.25) is 9.78 Å². The molecule has 1 N–H and O–H groups in total. The first kappa shape index (κ1) is 20.0. The van der Waals surface area contributed by atoms with Crippen molar-refractivity contribution in [3.05, 3.63) is 52.8 Å². The molecule has 0 spiro atoms. The summed E-state index contributed by atoms with van der Waals surface area (Å²) in [6.07, 6.45) is 5.86. The van der Waals surface area contributed by atoms with Gasteiger partial charge in [-0.2, -0.15) is 4.31 Å². The lowest BCUT2D eigenvalue weighted by molar-refractivity contribution is 0.102. The molecule has 0 saturated carbocycles. The van der Waals surface area contributed by atoms with E-state index in [4.69, 9.17) is 0 Å². The Bertz CT molecular complexity index is 921. The monoisotopic (exact) mass is 451 g/mol. The van der Waals surface area contributed by atoms with Gasteiger partial charge in [-0.15, -0.1) is 0 Å². The van der Waals surface area contributed by atoms with Crippen LogP contribution >= 0.6 is 15.9 Å². The molecule has 1 aromatic carbocycles. The van der Waals surface area contributed by atoms with Crippen molar-refractivity contribution in [3.63, 3.8) is 0 Å². The lowest BCUT2D eigenvalue weighted by Gasteiger charge is -2.37. The zero-order valence-electron chi connectivity index (χ0n) is 15.2. The van der Waals surface area contributed by atoms with E-state index in [2.05, 4.69) is 26.2 Å². The minimum absolute atomic E-state index is 0.0119. The second-order valence-electron chi connectivity index (χ2n) is 6.83. The Morgan fingerprint density at radius 2 is 1.78 bits per heavy atom. The van der Waals surface area contributed by atoms with Gasteiger partial charge in [-0.05, 0) is 73.0 Å². The van der Waals surface area contributed by atoms with E-state index < -0.39 is 10.0 Å². The molecule has 27 heavy (non-hydrogen) atoms. The fourth-order valence-corrected chi connectivity index (χ4v) is 5.69. The van der Waals surface area contributed by atoms with Crippen molar-refractivity contribution in [1.29, 1.82) is 0 Å². The summed E-state index contributed by atoms with van der Waals surface area (Å²) in [5.74, 6) is -0.308. The highest BCUT2D eigenvalue weighted by atomic mass is 79.9. The van der Waals surface area contributed by atoms with Crippen LogP contribution in [0.4, 0.5) is 5.69 Å². The largest absolute Gasteiger partial charge is 0.322 e. The molecule has 0 aliphatic carbocycles. The number of rotatable bonds is 4. The standard InChI is InChI=1S/C19H22BrN3O3S/c1-13-4-3-5-14(2)23(13)27(25,26)18-8-6-17(7-9-18)22-19(24)15-10-16(20)12-21-11-15/h6-14H,3-5H2,1-2H3,(H,22,24)/t13-,14-/m0/s1. The molecule has 2 heterocycles. The molecule has 2 atom stereocenters. The summed E-state index contributed by atoms with van der Waals surface area (Å²) in [7, 11) is -3.56. The SMILES string of the molecule is C[C@H]1CCC[C@H](C)N1S(=O)(=O)c1ccc(NC(=O)c2cncc(Br)c2)cc1. The van der Waals surface area contributed by atoms with Crippen LogP contribution < -0.4 is 5.32 Å². The van der Waals surface area contributed by atoms with Crippen LogP contribution in [0.2, 0.25) is 0 Å². The summed E-state index contributed by atoms with van der Waals surface area (Å²) in [5.41, 5.74) is 0.940. The van der Waals surface area contributed by atoms with Crippen LogP contribution in [0.3, 0.4) is 0 Å². The molecule has 1 aliphatic rings. The van der Waals surface area contributed by atoms with Crippen LogP contribution in [0.1, 0.15) is 43.5 Å². The highest BCUT2D eigenvalue weighted by Gasteiger charge is 2.35. The number of hydrogen-bond donors (Lipinski definition) is 1. The van der Waals surface area contributed by atoms with E-state index in [0.717, 1.165) is 19.3 Å². The second kappa shape index (κ2) is 8.08. The number of anilines is 1. The minimum atomic E-state index is -3.56. The number of carbonyl (C=O) groups excluding carboxylic acids is 1. The van der Waals surface area contributed by atoms with Gasteiger partial charge in [0, 0.05) is 34.6 Å². The number of piperidine rings is 1. The van der Waals surface area contributed by atoms with Gasteiger partial charge in [-0.25, -0.2) is 8.42 Å². The summed E-state index contributed by atoms with van der Waals surface area (Å²) in [5, 5.41) is 2.75. The smallest absolute Gasteiger partial charge is 0.257 e. The molecule has 1 aromatic heterocycles. The number of halogens is 1. The van der Waals surface area contributed by atoms with Crippen molar-refractivity contribution in [2.75, 3.05) is 5.32 Å². The number of benzene rings is 1. The average molecular weight is 452 g/mol. The highest BCUT2D eigenvalue weighted by molar-refractivity contribution is 9.10. The number of nitrogens with zero attached hydrogens (tertiary/aromatic N) is 2. The third-order valence-electron chi connectivity index (χ3n) is 4.77. The molecule has 0 unspecified atom stereocenters. The van der Waals surface area contributed by atoms with Gasteiger partial charge in [0.25, 0.3) is 5.91 Å². The average Bonchev–Trinajstić information content (AvgIpc) is 2.62. The second-order valence-corrected chi connectivity index (χ2v) is 9.59. The Morgan fingerprint density at radius 1 is 1.15 bits per heavy atom. The predicted molar refractivity (Wildman–Crippen MR) is 108 cm³/mol. The number of pyridine rings is 1. The molecule has 6 nitrogen and oxygen atoms in total. The van der Waals surface area contributed by atoms with Crippen molar-refractivity contribution >= 4 is 37.5 Å². The van der Waals surface area contributed by atoms with E-state index >= 15 is 0 Å². The van der Waals surface area contributed by atoms with Crippen LogP contribution in [0.25, 0.3) is 0 Å². The van der Waals surface area contributed by atoms with E-state index in [-0.39, 0.29) is 22.9 Å². The molecule has 1 amide bonds. The zero-order chi connectivity index (χ0) is 19.6. The summed E-state index contributed by atoms with van der Waals surface area (Å²) in [6, 6.07) is 7.94. The van der Waals surface area contributed by atoms with Gasteiger partial charge in [-0.1, -0.05) is 6.42 Å². The quantitative estimate of drug-likeness (QED) is 0.759. The maximum atomic E-state index is 13.0. The Labute approximate surface area is 168 Å². The lowest BCUT2D eigenvalue weighted by Crippen LogP contribution is -2.47. The van der Waals surface area contributed by atoms with Gasteiger partial charge < -0.3 is 5.32 Å². The lowest BCUT2D eigenvalue weighted by atomic mass is 10.0. The molecule has 0 radical (unpaired) electrons. The van der Waals surface area contributed by atoms with Crippen LogP contribution in [-0.2, 0) is 10.0 Å². The van der Waals surface area contributed by atoms with Crippen molar-refractivity contribution in [1.82, 2.24) is 9.29 Å². The summed E-state index contributed by atoms with van der Waals surface area (Å²) in [4.78, 5) is 16.5. The number of carbonyl (C=O) groups is 1. The summed E-state index contributed by atoms with van der Waals surface area (Å²) >= 11 is 3.28. The number of aromatic nitrogens is 1. The fraction of sp³-hybridized carbons (Fsp3) is 0.368. The van der Waals surface area contributed by atoms with Gasteiger partial charge in [0.15, 0.2) is 0 Å². The molecular weight excluding hydrogens is 430 g/mol. The van der Waals surface area contributed by atoms with E-state index in [9.17, 15) is 13.2 Å². The predicted octanol–water partition coefficient (Wildman–Crippen LogP) is 4.05. The zero-order valence-corrected chi connectivity index (χ0v) is 17.6. The Hall–Kier alpha value is -1.77. The van der Waals surface area contributed by atoms with Gasteiger partial charge in [0.1, 0.15) is 0 Å². The topological polar surface area (TPSA) is 79.4 Å². The molecule has 1 aliphatic heterocycles. The van der Waals surface area contributed by atoms with E-state index in [1.165, 1.54) is 18.3 Å². The number of hydrogen-bond acceptors (Lipinski definition) is 4.